The molecule has 0 saturated carbocycles. The Morgan fingerprint density at radius 1 is 1.24 bits per heavy atom. The number of amides is 1. The van der Waals surface area contributed by atoms with E-state index in [1.165, 1.54) is 51.1 Å². The van der Waals surface area contributed by atoms with Gasteiger partial charge in [0.25, 0.3) is 5.91 Å². The van der Waals surface area contributed by atoms with E-state index in [0.29, 0.717) is 10.3 Å². The average Bonchev–Trinajstić information content (AvgIpc) is 3.12. The number of H-pyrrole nitrogens is 1. The number of Topliss-reactive ketones (excluding diaryl/α,β-unsaturated/α-hetero) is 1. The third-order valence-corrected chi connectivity index (χ3v) is 5.94. The maximum absolute atomic E-state index is 12.0. The van der Waals surface area contributed by atoms with Crippen molar-refractivity contribution in [1.29, 1.82) is 0 Å². The molecule has 0 aliphatic heterocycles. The van der Waals surface area contributed by atoms with Crippen molar-refractivity contribution in [1.82, 2.24) is 20.4 Å². The molecule has 0 fully saturated rings. The average molecular weight is 523 g/mol. The first-order chi connectivity index (χ1) is 15.7. The molecule has 1 amide bonds. The van der Waals surface area contributed by atoms with Crippen LogP contribution in [-0.4, -0.2) is 54.0 Å². The maximum atomic E-state index is 12.0. The van der Waals surface area contributed by atoms with E-state index in [2.05, 4.69) is 82.3 Å². The van der Waals surface area contributed by atoms with Crippen LogP contribution in [0, 0.1) is 0 Å². The van der Waals surface area contributed by atoms with Crippen LogP contribution >= 0.6 is 15.9 Å². The van der Waals surface area contributed by atoms with Crippen LogP contribution in [0.25, 0.3) is 0 Å². The molecule has 0 bridgehead atoms. The highest BCUT2D eigenvalue weighted by Gasteiger charge is 2.18. The smallest absolute Gasteiger partial charge is 0.270 e. The molecule has 0 aromatic carbocycles. The lowest BCUT2D eigenvalue weighted by Gasteiger charge is -2.15. The van der Waals surface area contributed by atoms with Gasteiger partial charge in [0.15, 0.2) is 5.82 Å². The molecular formula is C25H40BrN5O2. The number of aromatic amines is 1. The highest BCUT2D eigenvalue weighted by Crippen LogP contribution is 2.28. The number of aromatic nitrogens is 2. The quantitative estimate of drug-likeness (QED) is 0.311. The molecule has 1 aromatic rings. The lowest BCUT2D eigenvalue weighted by atomic mass is 9.97. The molecule has 0 unspecified atom stereocenters. The van der Waals surface area contributed by atoms with Crippen molar-refractivity contribution >= 4 is 33.4 Å². The van der Waals surface area contributed by atoms with Crippen LogP contribution in [0.1, 0.15) is 76.2 Å². The number of ketones is 1. The number of carbonyl (C=O) groups excluding carboxylic acids is 2. The van der Waals surface area contributed by atoms with Gasteiger partial charge >= 0.3 is 0 Å². The fraction of sp³-hybridized carbons (Fsp3) is 0.560. The Bertz CT molecular complexity index is 855. The number of halogens is 1. The number of rotatable bonds is 12. The number of anilines is 1. The zero-order chi connectivity index (χ0) is 24.8. The summed E-state index contributed by atoms with van der Waals surface area (Å²) in [6, 6.07) is 0. The van der Waals surface area contributed by atoms with Gasteiger partial charge in [0.05, 0.1) is 11.0 Å². The lowest BCUT2D eigenvalue weighted by molar-refractivity contribution is -0.116. The minimum Gasteiger partial charge on any atom is -0.344 e. The minimum absolute atomic E-state index is 0.0172. The Morgan fingerprint density at radius 3 is 2.55 bits per heavy atom. The highest BCUT2D eigenvalue weighted by atomic mass is 79.9. The fourth-order valence-electron chi connectivity index (χ4n) is 3.23. The van der Waals surface area contributed by atoms with E-state index in [9.17, 15) is 9.59 Å². The van der Waals surface area contributed by atoms with Crippen LogP contribution in [-0.2, 0) is 4.79 Å². The molecule has 3 N–H and O–H groups in total. The summed E-state index contributed by atoms with van der Waals surface area (Å²) >= 11 is 3.35. The van der Waals surface area contributed by atoms with Crippen LogP contribution < -0.4 is 10.6 Å². The summed E-state index contributed by atoms with van der Waals surface area (Å²) in [5.74, 6) is -0.0411. The molecule has 33 heavy (non-hydrogen) atoms. The van der Waals surface area contributed by atoms with E-state index in [-0.39, 0.29) is 18.0 Å². The fourth-order valence-corrected chi connectivity index (χ4v) is 3.69. The Morgan fingerprint density at radius 2 is 1.94 bits per heavy atom. The first-order valence-corrected chi connectivity index (χ1v) is 12.4. The van der Waals surface area contributed by atoms with Crippen LogP contribution in [0.3, 0.4) is 0 Å². The molecule has 0 spiro atoms. The van der Waals surface area contributed by atoms with Crippen molar-refractivity contribution in [3.8, 4) is 0 Å². The van der Waals surface area contributed by atoms with Crippen molar-refractivity contribution < 1.29 is 9.59 Å². The third-order valence-electron chi connectivity index (χ3n) is 5.17. The number of nitrogens with one attached hydrogen (secondary N) is 3. The summed E-state index contributed by atoms with van der Waals surface area (Å²) < 4.78 is 0.498. The summed E-state index contributed by atoms with van der Waals surface area (Å²) in [4.78, 5) is 25.2. The SMILES string of the molecule is C=C(Nc1n[nH]c(C(=O)NCC(C)=O)c1Br)C1=C(C)CCC=C1.CCCCCCCN(C)C. The normalized spacial score (nSPS) is 12.9. The van der Waals surface area contributed by atoms with E-state index in [4.69, 9.17) is 0 Å². The zero-order valence-electron chi connectivity index (χ0n) is 20.8. The van der Waals surface area contributed by atoms with Gasteiger partial charge in [-0.2, -0.15) is 5.10 Å². The second-order valence-corrected chi connectivity index (χ2v) is 9.39. The van der Waals surface area contributed by atoms with Crippen LogP contribution in [0.4, 0.5) is 5.82 Å². The molecule has 0 saturated heterocycles. The van der Waals surface area contributed by atoms with Gasteiger partial charge in [-0.3, -0.25) is 14.7 Å². The van der Waals surface area contributed by atoms with Crippen molar-refractivity contribution in [3.05, 3.63) is 45.7 Å². The number of hydrogen-bond donors (Lipinski definition) is 3. The molecule has 1 aliphatic carbocycles. The predicted octanol–water partition coefficient (Wildman–Crippen LogP) is 5.60. The molecule has 1 aromatic heterocycles. The predicted molar refractivity (Wildman–Crippen MR) is 140 cm³/mol. The van der Waals surface area contributed by atoms with Crippen molar-refractivity contribution in [2.45, 2.75) is 65.7 Å². The second kappa shape index (κ2) is 15.6. The summed E-state index contributed by atoms with van der Waals surface area (Å²) in [5.41, 5.74) is 3.29. The van der Waals surface area contributed by atoms with Gasteiger partial charge in [0.2, 0.25) is 0 Å². The van der Waals surface area contributed by atoms with Gasteiger partial charge in [-0.15, -0.1) is 0 Å². The summed E-state index contributed by atoms with van der Waals surface area (Å²) in [6.07, 6.45) is 13.1. The summed E-state index contributed by atoms with van der Waals surface area (Å²) in [7, 11) is 4.28. The first-order valence-electron chi connectivity index (χ1n) is 11.7. The van der Waals surface area contributed by atoms with Crippen LogP contribution in [0.5, 0.6) is 0 Å². The van der Waals surface area contributed by atoms with Crippen LogP contribution in [0.2, 0.25) is 0 Å². The van der Waals surface area contributed by atoms with E-state index in [1.54, 1.807) is 0 Å². The van der Waals surface area contributed by atoms with E-state index in [0.717, 1.165) is 24.1 Å². The van der Waals surface area contributed by atoms with Gasteiger partial charge in [-0.25, -0.2) is 0 Å². The number of hydrogen-bond acceptors (Lipinski definition) is 5. The molecule has 0 atom stereocenters. The van der Waals surface area contributed by atoms with E-state index >= 15 is 0 Å². The van der Waals surface area contributed by atoms with Gasteiger partial charge in [0, 0.05) is 5.70 Å². The molecule has 7 nitrogen and oxygen atoms in total. The van der Waals surface area contributed by atoms with Crippen molar-refractivity contribution in [2.24, 2.45) is 0 Å². The Kier molecular flexibility index (Phi) is 13.6. The molecule has 1 aliphatic rings. The zero-order valence-corrected chi connectivity index (χ0v) is 22.4. The number of allylic oxidation sites excluding steroid dienone is 3. The molecule has 0 radical (unpaired) electrons. The van der Waals surface area contributed by atoms with Crippen molar-refractivity contribution in [3.63, 3.8) is 0 Å². The molecule has 1 heterocycles. The third kappa shape index (κ3) is 11.0. The minimum atomic E-state index is -0.397. The van der Waals surface area contributed by atoms with E-state index < -0.39 is 5.91 Å². The standard InChI is InChI=1S/C16H19BrN4O2.C9H21N/c1-9-6-4-5-7-12(9)11(3)19-15-13(17)14(20-21-15)16(23)18-8-10(2)22;1-4-5-6-7-8-9-10(2)3/h5,7H,3-4,6,8H2,1-2H3,(H,18,23)(H2,19,20,21);4-9H2,1-3H3. The van der Waals surface area contributed by atoms with Crippen molar-refractivity contribution in [2.75, 3.05) is 32.5 Å². The Labute approximate surface area is 207 Å². The Hall–Kier alpha value is -2.19. The first kappa shape index (κ1) is 28.8. The van der Waals surface area contributed by atoms with E-state index in [1.807, 2.05) is 6.08 Å². The second-order valence-electron chi connectivity index (χ2n) is 8.60. The van der Waals surface area contributed by atoms with Gasteiger partial charge < -0.3 is 15.5 Å². The number of nitrogens with zero attached hydrogens (tertiary/aromatic N) is 2. The molecule has 8 heteroatoms. The highest BCUT2D eigenvalue weighted by molar-refractivity contribution is 9.10. The Balaban J connectivity index is 0.000000461. The largest absolute Gasteiger partial charge is 0.344 e. The summed E-state index contributed by atoms with van der Waals surface area (Å²) in [6.45, 7) is 11.0. The monoisotopic (exact) mass is 521 g/mol. The molecular weight excluding hydrogens is 482 g/mol. The summed E-state index contributed by atoms with van der Waals surface area (Å²) in [5, 5.41) is 12.4. The molecule has 2 rings (SSSR count). The van der Waals surface area contributed by atoms with Gasteiger partial charge in [-0.1, -0.05) is 56.9 Å². The topological polar surface area (TPSA) is 90.1 Å². The maximum Gasteiger partial charge on any atom is 0.270 e. The van der Waals surface area contributed by atoms with Gasteiger partial charge in [0.1, 0.15) is 11.5 Å². The number of unbranched alkanes of at least 4 members (excludes halogenated alkanes) is 4. The lowest BCUT2D eigenvalue weighted by Crippen LogP contribution is -2.28. The van der Waals surface area contributed by atoms with Crippen LogP contribution in [0.15, 0.2) is 40.0 Å². The molecule has 184 valence electrons. The van der Waals surface area contributed by atoms with Gasteiger partial charge in [-0.05, 0) is 75.3 Å². The number of carbonyl (C=O) groups is 2.